The van der Waals surface area contributed by atoms with Crippen molar-refractivity contribution in [2.45, 2.75) is 44.0 Å². The third-order valence-corrected chi connectivity index (χ3v) is 4.26. The van der Waals surface area contributed by atoms with Crippen LogP contribution in [0.2, 0.25) is 0 Å². The summed E-state index contributed by atoms with van der Waals surface area (Å²) in [5.74, 6) is 3.46. The maximum absolute atomic E-state index is 14.3. The van der Waals surface area contributed by atoms with Crippen molar-refractivity contribution in [3.63, 3.8) is 0 Å². The highest BCUT2D eigenvalue weighted by Gasteiger charge is 2.57. The summed E-state index contributed by atoms with van der Waals surface area (Å²) in [7, 11) is 0. The number of nitrogens with zero attached hydrogens (tertiary/aromatic N) is 2. The van der Waals surface area contributed by atoms with Crippen LogP contribution in [0.5, 0.6) is 0 Å². The molecule has 2 aromatic heterocycles. The molecule has 1 aliphatic heterocycles. The Morgan fingerprint density at radius 2 is 2.27 bits per heavy atom. The summed E-state index contributed by atoms with van der Waals surface area (Å²) in [4.78, 5) is 18.4. The van der Waals surface area contributed by atoms with E-state index in [1.54, 1.807) is 0 Å². The van der Waals surface area contributed by atoms with Crippen LogP contribution in [0.15, 0.2) is 11.0 Å². The second kappa shape index (κ2) is 6.44. The molecule has 0 amide bonds. The second-order valence-corrected chi connectivity index (χ2v) is 6.13. The minimum absolute atomic E-state index is 0.146. The number of aliphatic hydroxyl groups excluding tert-OH is 2. The summed E-state index contributed by atoms with van der Waals surface area (Å²) in [6.07, 6.45) is -4.86. The summed E-state index contributed by atoms with van der Waals surface area (Å²) in [6, 6.07) is 0. The molecule has 2 aromatic rings. The molecule has 1 aliphatic rings. The van der Waals surface area contributed by atoms with Crippen molar-refractivity contribution in [3.8, 4) is 11.8 Å². The number of hydrogen-bond donors (Lipinski definition) is 4. The zero-order chi connectivity index (χ0) is 19.2. The first-order valence-electron chi connectivity index (χ1n) is 7.77. The number of aromatic nitrogens is 3. The number of hydrogen-bond acceptors (Lipinski definition) is 6. The maximum Gasteiger partial charge on any atom is 0.263 e. The van der Waals surface area contributed by atoms with E-state index in [-0.39, 0.29) is 16.9 Å². The second-order valence-electron chi connectivity index (χ2n) is 6.13. The number of aromatic amines is 1. The van der Waals surface area contributed by atoms with Crippen LogP contribution in [0, 0.1) is 24.6 Å². The Morgan fingerprint density at radius 1 is 1.58 bits per heavy atom. The zero-order valence-electron chi connectivity index (χ0n) is 13.9. The molecule has 1 fully saturated rings. The van der Waals surface area contributed by atoms with Gasteiger partial charge in [-0.15, -0.1) is 0 Å². The molecule has 0 spiro atoms. The highest BCUT2D eigenvalue weighted by Crippen LogP contribution is 2.41. The molecule has 0 aliphatic carbocycles. The Kier molecular flexibility index (Phi) is 4.58. The molecule has 0 saturated carbocycles. The third kappa shape index (κ3) is 2.69. The fourth-order valence-corrected chi connectivity index (χ4v) is 3.09. The molecule has 26 heavy (non-hydrogen) atoms. The van der Waals surface area contributed by atoms with E-state index >= 15 is 0 Å². The van der Waals surface area contributed by atoms with Crippen molar-refractivity contribution in [1.29, 1.82) is 0 Å². The fourth-order valence-electron chi connectivity index (χ4n) is 3.09. The molecule has 10 heteroatoms. The minimum Gasteiger partial charge on any atom is -0.391 e. The van der Waals surface area contributed by atoms with E-state index in [9.17, 15) is 28.9 Å². The molecule has 1 saturated heterocycles. The number of H-pyrrole nitrogens is 1. The van der Waals surface area contributed by atoms with Crippen molar-refractivity contribution in [2.24, 2.45) is 0 Å². The molecule has 3 heterocycles. The molecule has 0 aromatic carbocycles. The summed E-state index contributed by atoms with van der Waals surface area (Å²) in [6.45, 7) is 1.70. The molecule has 0 radical (unpaired) electrons. The molecule has 1 unspecified atom stereocenters. The normalized spacial score (nSPS) is 29.6. The van der Waals surface area contributed by atoms with Crippen LogP contribution in [0.4, 0.5) is 8.78 Å². The largest absolute Gasteiger partial charge is 0.391 e. The van der Waals surface area contributed by atoms with Crippen molar-refractivity contribution in [2.75, 3.05) is 6.67 Å². The summed E-state index contributed by atoms with van der Waals surface area (Å²) in [5, 5.41) is 30.6. The van der Waals surface area contributed by atoms with Gasteiger partial charge in [0.2, 0.25) is 0 Å². The van der Waals surface area contributed by atoms with Gasteiger partial charge in [0.05, 0.1) is 6.10 Å². The molecule has 3 rings (SSSR count). The smallest absolute Gasteiger partial charge is 0.263 e. The molecule has 5 atom stereocenters. The van der Waals surface area contributed by atoms with Gasteiger partial charge in [-0.3, -0.25) is 9.36 Å². The zero-order valence-corrected chi connectivity index (χ0v) is 13.9. The summed E-state index contributed by atoms with van der Waals surface area (Å²) >= 11 is 0. The van der Waals surface area contributed by atoms with E-state index < -0.39 is 48.2 Å². The topological polar surface area (TPSA) is 121 Å². The molecule has 8 nitrogen and oxygen atoms in total. The number of ether oxygens (including phenoxy) is 1. The van der Waals surface area contributed by atoms with Gasteiger partial charge in [-0.05, 0) is 13.8 Å². The van der Waals surface area contributed by atoms with E-state index in [0.717, 1.165) is 10.8 Å². The number of aryl methyl sites for hydroxylation is 1. The van der Waals surface area contributed by atoms with Gasteiger partial charge in [-0.2, -0.15) is 0 Å². The molecule has 140 valence electrons. The van der Waals surface area contributed by atoms with Crippen LogP contribution in [0.1, 0.15) is 19.0 Å². The van der Waals surface area contributed by atoms with Crippen LogP contribution in [0.25, 0.3) is 11.0 Å². The Bertz CT molecular complexity index is 960. The SMILES string of the molecule is Cc1nc2c(c(F)cn2[C@@H]2O[C@H]([C@@H](C)O)[C@H](O)C2(O)C#CCF)c(=O)[nH]1. The van der Waals surface area contributed by atoms with Crippen LogP contribution in [-0.4, -0.2) is 60.4 Å². The van der Waals surface area contributed by atoms with E-state index in [1.165, 1.54) is 13.8 Å². The predicted molar refractivity (Wildman–Crippen MR) is 85.3 cm³/mol. The van der Waals surface area contributed by atoms with E-state index in [4.69, 9.17) is 4.74 Å². The molecule has 0 bridgehead atoms. The van der Waals surface area contributed by atoms with Gasteiger partial charge in [0.1, 0.15) is 30.1 Å². The van der Waals surface area contributed by atoms with Crippen LogP contribution in [0.3, 0.4) is 0 Å². The van der Waals surface area contributed by atoms with Gasteiger partial charge in [-0.25, -0.2) is 13.8 Å². The lowest BCUT2D eigenvalue weighted by molar-refractivity contribution is -0.0846. The Hall–Kier alpha value is -2.32. The number of halogens is 2. The fraction of sp³-hybridized carbons (Fsp3) is 0.500. The number of rotatable bonds is 2. The monoisotopic (exact) mass is 369 g/mol. The van der Waals surface area contributed by atoms with Gasteiger partial charge in [0.25, 0.3) is 5.56 Å². The highest BCUT2D eigenvalue weighted by atomic mass is 19.1. The van der Waals surface area contributed by atoms with Crippen molar-refractivity contribution < 1.29 is 28.8 Å². The van der Waals surface area contributed by atoms with E-state index in [0.29, 0.717) is 0 Å². The summed E-state index contributed by atoms with van der Waals surface area (Å²) in [5.41, 5.74) is -3.23. The summed E-state index contributed by atoms with van der Waals surface area (Å²) < 4.78 is 33.3. The van der Waals surface area contributed by atoms with Crippen molar-refractivity contribution in [1.82, 2.24) is 14.5 Å². The van der Waals surface area contributed by atoms with Crippen molar-refractivity contribution in [3.05, 3.63) is 28.2 Å². The lowest BCUT2D eigenvalue weighted by Gasteiger charge is -2.26. The van der Waals surface area contributed by atoms with Crippen LogP contribution < -0.4 is 5.56 Å². The average molecular weight is 369 g/mol. The first-order chi connectivity index (χ1) is 12.2. The molecular weight excluding hydrogens is 352 g/mol. The van der Waals surface area contributed by atoms with E-state index in [1.807, 2.05) is 5.92 Å². The Labute approximate surface area is 146 Å². The lowest BCUT2D eigenvalue weighted by atomic mass is 9.92. The van der Waals surface area contributed by atoms with Crippen molar-refractivity contribution >= 4 is 11.0 Å². The Morgan fingerprint density at radius 3 is 2.88 bits per heavy atom. The third-order valence-electron chi connectivity index (χ3n) is 4.26. The van der Waals surface area contributed by atoms with Gasteiger partial charge >= 0.3 is 0 Å². The Balaban J connectivity index is 2.24. The van der Waals surface area contributed by atoms with Gasteiger partial charge in [-0.1, -0.05) is 11.8 Å². The van der Waals surface area contributed by atoms with Crippen LogP contribution >= 0.6 is 0 Å². The number of alkyl halides is 1. The van der Waals surface area contributed by atoms with Crippen LogP contribution in [-0.2, 0) is 4.74 Å². The average Bonchev–Trinajstić information content (AvgIpc) is 3.01. The van der Waals surface area contributed by atoms with Gasteiger partial charge in [0.15, 0.2) is 23.3 Å². The lowest BCUT2D eigenvalue weighted by Crippen LogP contribution is -2.47. The van der Waals surface area contributed by atoms with Gasteiger partial charge < -0.3 is 25.0 Å². The number of fused-ring (bicyclic) bond motifs is 1. The number of aliphatic hydroxyl groups is 3. The molecule has 4 N–H and O–H groups in total. The first-order valence-corrected chi connectivity index (χ1v) is 7.77. The predicted octanol–water partition coefficient (Wildman–Crippen LogP) is -0.485. The number of nitrogens with one attached hydrogen (secondary N) is 1. The molecular formula is C16H17F2N3O5. The van der Waals surface area contributed by atoms with Gasteiger partial charge in [0, 0.05) is 6.20 Å². The van der Waals surface area contributed by atoms with E-state index in [2.05, 4.69) is 15.9 Å². The first kappa shape index (κ1) is 18.5. The highest BCUT2D eigenvalue weighted by molar-refractivity contribution is 5.76. The maximum atomic E-state index is 14.3. The minimum atomic E-state index is -2.36. The standard InChI is InChI=1S/C16H17F2N3O5/c1-7(22)11-12(23)16(25,4-3-5-17)15(26-11)21-6-9(18)10-13(21)19-8(2)20-14(10)24/h6-7,11-12,15,22-23,25H,5H2,1-2H3,(H,19,20,24)/t7-,11-,12+,15-,16?/m1/s1. The quantitative estimate of drug-likeness (QED) is 0.531.